The molecular formula is C54H46N12O3. The van der Waals surface area contributed by atoms with Gasteiger partial charge < -0.3 is 11.1 Å². The molecule has 0 saturated carbocycles. The monoisotopic (exact) mass is 910 g/mol. The molecule has 0 spiro atoms. The Morgan fingerprint density at radius 1 is 0.710 bits per heavy atom. The molecule has 6 aromatic heterocycles. The number of carbonyl (C=O) groups excluding carboxylic acids is 1. The topological polar surface area (TPSA) is 197 Å². The van der Waals surface area contributed by atoms with Crippen LogP contribution < -0.4 is 22.2 Å². The van der Waals surface area contributed by atoms with Crippen molar-refractivity contribution in [2.24, 2.45) is 0 Å². The molecular weight excluding hydrogens is 865 g/mol. The number of para-hydroxylation sites is 2. The van der Waals surface area contributed by atoms with Crippen LogP contribution in [-0.2, 0) is 23.2 Å². The van der Waals surface area contributed by atoms with Crippen LogP contribution in [0.2, 0.25) is 0 Å². The zero-order valence-electron chi connectivity index (χ0n) is 38.6. The summed E-state index contributed by atoms with van der Waals surface area (Å²) in [6.07, 6.45) is 8.75. The molecule has 15 nitrogen and oxygen atoms in total. The molecule has 340 valence electrons. The first-order valence-electron chi connectivity index (χ1n) is 22.6. The summed E-state index contributed by atoms with van der Waals surface area (Å²) in [5.41, 5.74) is 14.6. The summed E-state index contributed by atoms with van der Waals surface area (Å²) < 4.78 is 5.27. The van der Waals surface area contributed by atoms with Crippen LogP contribution in [0.3, 0.4) is 0 Å². The Bertz CT molecular complexity index is 3970. The van der Waals surface area contributed by atoms with Crippen molar-refractivity contribution in [1.29, 1.82) is 0 Å². The number of aromatic amines is 1. The minimum atomic E-state index is -1.30. The average Bonchev–Trinajstić information content (AvgIpc) is 3.96. The van der Waals surface area contributed by atoms with E-state index in [2.05, 4.69) is 20.4 Å². The van der Waals surface area contributed by atoms with E-state index >= 15 is 0 Å². The number of nitrogens with zero attached hydrogens (tertiary/aromatic N) is 9. The second kappa shape index (κ2) is 16.5. The highest BCUT2D eigenvalue weighted by molar-refractivity contribution is 5.97. The lowest BCUT2D eigenvalue weighted by molar-refractivity contribution is -0.117. The standard InChI is InChI=1S/C54H46N12O3/c1-30-13-6-8-20-40(30)65-37(23-34-17-10-15-32(3)42(34)52(65)68)25-39-44-46(61-62-49(44)59-28-57-39)54(22-12-19-36(26-54)51(67)56-5)47-45-48(55)58-29-60-50(45)64(63-47)27-38-24-35-18-11-16-33(4)43(35)53(69)66(38)41-21-9-7-14-31(41)2/h6-24,28-29H,25-27H2,1-5H3,(H,56,67)(H2,55,58,60)(H,57,59,61,62). The number of nitrogen functional groups attached to an aromatic ring is 1. The molecule has 10 aromatic rings. The molecule has 0 saturated heterocycles. The maximum atomic E-state index is 14.7. The van der Waals surface area contributed by atoms with Gasteiger partial charge >= 0.3 is 0 Å². The minimum absolute atomic E-state index is 0.101. The average molecular weight is 911 g/mol. The number of hydrogen-bond acceptors (Lipinski definition) is 10. The van der Waals surface area contributed by atoms with Gasteiger partial charge in [0.2, 0.25) is 5.91 Å². The zero-order chi connectivity index (χ0) is 47.7. The summed E-state index contributed by atoms with van der Waals surface area (Å²) in [5.74, 6) is -0.115. The molecule has 15 heteroatoms. The third-order valence-electron chi connectivity index (χ3n) is 13.5. The van der Waals surface area contributed by atoms with Crippen molar-refractivity contribution in [2.45, 2.75) is 52.5 Å². The van der Waals surface area contributed by atoms with Crippen LogP contribution in [0.4, 0.5) is 5.82 Å². The lowest BCUT2D eigenvalue weighted by Gasteiger charge is -2.31. The number of allylic oxidation sites excluding steroid dienone is 3. The van der Waals surface area contributed by atoms with E-state index in [1.54, 1.807) is 26.9 Å². The Kier molecular flexibility index (Phi) is 10.2. The third kappa shape index (κ3) is 6.83. The zero-order valence-corrected chi connectivity index (χ0v) is 38.6. The van der Waals surface area contributed by atoms with Gasteiger partial charge in [-0.25, -0.2) is 24.6 Å². The third-order valence-corrected chi connectivity index (χ3v) is 13.5. The van der Waals surface area contributed by atoms with Crippen molar-refractivity contribution in [1.82, 2.24) is 54.4 Å². The first-order chi connectivity index (χ1) is 33.5. The summed E-state index contributed by atoms with van der Waals surface area (Å²) in [6, 6.07) is 31.4. The normalized spacial score (nSPS) is 14.8. The van der Waals surface area contributed by atoms with Gasteiger partial charge in [0.05, 0.1) is 62.0 Å². The number of H-pyrrole nitrogens is 1. The Hall–Kier alpha value is -8.85. The lowest BCUT2D eigenvalue weighted by atomic mass is 9.71. The number of carbonyl (C=O) groups is 1. The smallest absolute Gasteiger partial charge is 0.263 e. The van der Waals surface area contributed by atoms with Gasteiger partial charge in [0.25, 0.3) is 11.1 Å². The number of aryl methyl sites for hydroxylation is 4. The number of benzene rings is 4. The molecule has 1 aliphatic rings. The summed E-state index contributed by atoms with van der Waals surface area (Å²) in [6.45, 7) is 7.96. The molecule has 6 heterocycles. The quantitative estimate of drug-likeness (QED) is 0.131. The van der Waals surface area contributed by atoms with E-state index in [9.17, 15) is 14.4 Å². The Balaban J connectivity index is 1.15. The van der Waals surface area contributed by atoms with Gasteiger partial charge in [-0.1, -0.05) is 91.0 Å². The van der Waals surface area contributed by atoms with Gasteiger partial charge in [0.15, 0.2) is 11.3 Å². The molecule has 1 aliphatic carbocycles. The van der Waals surface area contributed by atoms with E-state index in [-0.39, 0.29) is 42.2 Å². The van der Waals surface area contributed by atoms with Crippen molar-refractivity contribution in [3.63, 3.8) is 0 Å². The van der Waals surface area contributed by atoms with E-state index in [0.29, 0.717) is 66.9 Å². The van der Waals surface area contributed by atoms with E-state index < -0.39 is 5.41 Å². The molecule has 0 radical (unpaired) electrons. The predicted molar refractivity (Wildman–Crippen MR) is 268 cm³/mol. The van der Waals surface area contributed by atoms with Gasteiger partial charge in [-0.3, -0.25) is 28.6 Å². The Morgan fingerprint density at radius 2 is 1.32 bits per heavy atom. The number of fused-ring (bicyclic) bond motifs is 4. The SMILES string of the molecule is CNC(=O)C1=CC=CC(c2n[nH]c3ncnc(Cc4cc5cccc(C)c5c(=O)n4-c4ccccc4C)c23)(c2nn(Cc3cc4cccc(C)c4c(=O)n3-c3ccccc3C)c3ncnc(N)c23)C1. The molecule has 1 amide bonds. The summed E-state index contributed by atoms with van der Waals surface area (Å²) in [7, 11) is 1.59. The van der Waals surface area contributed by atoms with Gasteiger partial charge in [0, 0.05) is 30.4 Å². The number of anilines is 1. The molecule has 0 bridgehead atoms. The molecule has 0 fully saturated rings. The fraction of sp³-hybridized carbons (Fsp3) is 0.167. The van der Waals surface area contributed by atoms with E-state index in [4.69, 9.17) is 25.9 Å². The highest BCUT2D eigenvalue weighted by Gasteiger charge is 2.44. The van der Waals surface area contributed by atoms with Crippen molar-refractivity contribution in [2.75, 3.05) is 12.8 Å². The van der Waals surface area contributed by atoms with Crippen LogP contribution in [0.25, 0.3) is 55.0 Å². The molecule has 0 aliphatic heterocycles. The summed E-state index contributed by atoms with van der Waals surface area (Å²) >= 11 is 0. The summed E-state index contributed by atoms with van der Waals surface area (Å²) in [5, 5.41) is 20.3. The van der Waals surface area contributed by atoms with Crippen molar-refractivity contribution < 1.29 is 4.79 Å². The number of nitrogens with one attached hydrogen (secondary N) is 2. The second-order valence-electron chi connectivity index (χ2n) is 17.7. The fourth-order valence-corrected chi connectivity index (χ4v) is 10.2. The maximum absolute atomic E-state index is 14.7. The first kappa shape index (κ1) is 42.8. The largest absolute Gasteiger partial charge is 0.383 e. The number of rotatable bonds is 9. The molecule has 1 atom stereocenters. The van der Waals surface area contributed by atoms with Gasteiger partial charge in [-0.05, 0) is 91.4 Å². The fourth-order valence-electron chi connectivity index (χ4n) is 10.2. The van der Waals surface area contributed by atoms with Crippen LogP contribution in [0, 0.1) is 27.7 Å². The Labute approximate surface area is 394 Å². The molecule has 1 unspecified atom stereocenters. The van der Waals surface area contributed by atoms with Crippen molar-refractivity contribution in [3.8, 4) is 11.4 Å². The van der Waals surface area contributed by atoms with Gasteiger partial charge in [0.1, 0.15) is 18.5 Å². The number of pyridine rings is 2. The van der Waals surface area contributed by atoms with E-state index in [0.717, 1.165) is 44.4 Å². The van der Waals surface area contributed by atoms with Gasteiger partial charge in [-0.15, -0.1) is 0 Å². The summed E-state index contributed by atoms with van der Waals surface area (Å²) in [4.78, 5) is 62.0. The second-order valence-corrected chi connectivity index (χ2v) is 17.7. The number of likely N-dealkylation sites (N-methyl/N-ethyl adjacent to an activating group) is 1. The predicted octanol–water partition coefficient (Wildman–Crippen LogP) is 7.47. The van der Waals surface area contributed by atoms with E-state index in [1.807, 2.05) is 137 Å². The van der Waals surface area contributed by atoms with Crippen LogP contribution in [-0.4, -0.2) is 62.0 Å². The lowest BCUT2D eigenvalue weighted by Crippen LogP contribution is -2.34. The van der Waals surface area contributed by atoms with Crippen molar-refractivity contribution in [3.05, 3.63) is 205 Å². The minimum Gasteiger partial charge on any atom is -0.383 e. The van der Waals surface area contributed by atoms with Crippen LogP contribution in [0.15, 0.2) is 143 Å². The molecule has 4 N–H and O–H groups in total. The number of nitrogens with two attached hydrogens (primary N) is 1. The highest BCUT2D eigenvalue weighted by Crippen LogP contribution is 2.47. The number of hydrogen-bond donors (Lipinski definition) is 3. The van der Waals surface area contributed by atoms with Crippen LogP contribution >= 0.6 is 0 Å². The first-order valence-corrected chi connectivity index (χ1v) is 22.6. The number of amides is 1. The van der Waals surface area contributed by atoms with Gasteiger partial charge in [-0.2, -0.15) is 10.2 Å². The number of aromatic nitrogens is 10. The van der Waals surface area contributed by atoms with Crippen LogP contribution in [0.5, 0.6) is 0 Å². The van der Waals surface area contributed by atoms with Crippen LogP contribution in [0.1, 0.15) is 57.1 Å². The molecule has 4 aromatic carbocycles. The van der Waals surface area contributed by atoms with Crippen molar-refractivity contribution >= 4 is 55.3 Å². The molecule has 69 heavy (non-hydrogen) atoms. The maximum Gasteiger partial charge on any atom is 0.263 e. The highest BCUT2D eigenvalue weighted by atomic mass is 16.2. The van der Waals surface area contributed by atoms with E-state index in [1.165, 1.54) is 12.7 Å². The molecule has 11 rings (SSSR count). The Morgan fingerprint density at radius 3 is 1.97 bits per heavy atom.